The van der Waals surface area contributed by atoms with Crippen molar-refractivity contribution in [1.29, 1.82) is 0 Å². The first-order valence-corrected chi connectivity index (χ1v) is 8.35. The molecule has 21 heavy (non-hydrogen) atoms. The second-order valence-corrected chi connectivity index (χ2v) is 7.45. The van der Waals surface area contributed by atoms with Gasteiger partial charge in [-0.15, -0.1) is 0 Å². The number of aliphatic carboxylic acids is 1. The van der Waals surface area contributed by atoms with E-state index in [0.717, 1.165) is 31.1 Å². The molecular weight excluding hydrogens is 266 g/mol. The molecular formula is C17H33NO3. The molecule has 1 aliphatic rings. The zero-order chi connectivity index (χ0) is 16.0. The molecule has 0 spiro atoms. The van der Waals surface area contributed by atoms with Crippen LogP contribution in [0.5, 0.6) is 0 Å². The predicted octanol–water partition coefficient (Wildman–Crippen LogP) is 3.45. The van der Waals surface area contributed by atoms with Crippen molar-refractivity contribution in [2.45, 2.75) is 84.4 Å². The maximum atomic E-state index is 11.4. The van der Waals surface area contributed by atoms with E-state index in [1.165, 1.54) is 6.42 Å². The first-order valence-electron chi connectivity index (χ1n) is 8.35. The number of rotatable bonds is 8. The topological polar surface area (TPSA) is 58.6 Å². The van der Waals surface area contributed by atoms with Gasteiger partial charge in [0.1, 0.15) is 5.54 Å². The van der Waals surface area contributed by atoms with Crippen molar-refractivity contribution in [3.05, 3.63) is 0 Å². The van der Waals surface area contributed by atoms with Crippen LogP contribution in [0, 0.1) is 11.8 Å². The van der Waals surface area contributed by atoms with Gasteiger partial charge in [0.2, 0.25) is 0 Å². The number of carboxylic acids is 1. The molecule has 0 amide bonds. The number of carbonyl (C=O) groups is 1. The lowest BCUT2D eigenvalue weighted by molar-refractivity contribution is -0.145. The summed E-state index contributed by atoms with van der Waals surface area (Å²) in [5.74, 6) is 0.701. The van der Waals surface area contributed by atoms with E-state index in [2.05, 4.69) is 19.2 Å². The van der Waals surface area contributed by atoms with Gasteiger partial charge in [0, 0.05) is 12.6 Å². The molecule has 1 aliphatic carbocycles. The van der Waals surface area contributed by atoms with Gasteiger partial charge in [0.05, 0.1) is 6.10 Å². The fourth-order valence-corrected chi connectivity index (χ4v) is 3.56. The molecule has 0 heterocycles. The van der Waals surface area contributed by atoms with Gasteiger partial charge in [0.15, 0.2) is 0 Å². The molecule has 0 bridgehead atoms. The molecule has 0 aliphatic heterocycles. The van der Waals surface area contributed by atoms with Gasteiger partial charge in [-0.05, 0) is 64.7 Å². The van der Waals surface area contributed by atoms with E-state index in [1.807, 2.05) is 13.8 Å². The van der Waals surface area contributed by atoms with Gasteiger partial charge in [-0.1, -0.05) is 13.8 Å². The highest BCUT2D eigenvalue weighted by atomic mass is 16.5. The van der Waals surface area contributed by atoms with Gasteiger partial charge in [-0.25, -0.2) is 0 Å². The highest BCUT2D eigenvalue weighted by Gasteiger charge is 2.33. The molecule has 1 rings (SSSR count). The van der Waals surface area contributed by atoms with Crippen LogP contribution in [0.4, 0.5) is 0 Å². The van der Waals surface area contributed by atoms with Crippen LogP contribution in [0.15, 0.2) is 0 Å². The zero-order valence-corrected chi connectivity index (χ0v) is 14.3. The molecule has 4 nitrogen and oxygen atoms in total. The van der Waals surface area contributed by atoms with Crippen molar-refractivity contribution in [3.63, 3.8) is 0 Å². The molecule has 3 atom stereocenters. The summed E-state index contributed by atoms with van der Waals surface area (Å²) in [5.41, 5.74) is -0.856. The molecule has 4 heteroatoms. The van der Waals surface area contributed by atoms with Crippen LogP contribution in [0.1, 0.15) is 66.7 Å². The fourth-order valence-electron chi connectivity index (χ4n) is 3.56. The Kier molecular flexibility index (Phi) is 7.14. The number of hydrogen-bond donors (Lipinski definition) is 2. The summed E-state index contributed by atoms with van der Waals surface area (Å²) in [6.07, 6.45) is 5.32. The Labute approximate surface area is 129 Å². The highest BCUT2D eigenvalue weighted by Crippen LogP contribution is 2.30. The van der Waals surface area contributed by atoms with E-state index < -0.39 is 11.5 Å². The second kappa shape index (κ2) is 8.14. The normalized spacial score (nSPS) is 29.3. The first kappa shape index (κ1) is 18.4. The Morgan fingerprint density at radius 2 is 1.86 bits per heavy atom. The van der Waals surface area contributed by atoms with Crippen molar-refractivity contribution in [2.24, 2.45) is 11.8 Å². The monoisotopic (exact) mass is 299 g/mol. The second-order valence-electron chi connectivity index (χ2n) is 7.45. The zero-order valence-electron chi connectivity index (χ0n) is 14.3. The molecule has 3 unspecified atom stereocenters. The van der Waals surface area contributed by atoms with Crippen LogP contribution in [0.2, 0.25) is 0 Å². The fraction of sp³-hybridized carbons (Fsp3) is 0.941. The van der Waals surface area contributed by atoms with E-state index in [1.54, 1.807) is 6.92 Å². The largest absolute Gasteiger partial charge is 0.480 e. The van der Waals surface area contributed by atoms with E-state index in [4.69, 9.17) is 4.74 Å². The molecule has 0 saturated heterocycles. The molecule has 0 radical (unpaired) electrons. The van der Waals surface area contributed by atoms with Crippen LogP contribution in [-0.4, -0.2) is 35.4 Å². The summed E-state index contributed by atoms with van der Waals surface area (Å²) in [5, 5.41) is 12.5. The minimum atomic E-state index is -0.856. The summed E-state index contributed by atoms with van der Waals surface area (Å²) >= 11 is 0. The minimum absolute atomic E-state index is 0.159. The summed E-state index contributed by atoms with van der Waals surface area (Å²) < 4.78 is 5.98. The maximum Gasteiger partial charge on any atom is 0.323 e. The molecule has 0 aromatic heterocycles. The van der Waals surface area contributed by atoms with Crippen LogP contribution >= 0.6 is 0 Å². The van der Waals surface area contributed by atoms with E-state index in [-0.39, 0.29) is 6.04 Å². The standard InChI is InChI=1S/C17H33NO3/c1-12(2)18-17(5,16(19)20)7-6-8-21-15-10-13(3)9-14(4)11-15/h12-15,18H,6-11H2,1-5H3,(H,19,20). The third-order valence-electron chi connectivity index (χ3n) is 4.39. The molecule has 0 aromatic rings. The number of ether oxygens (including phenoxy) is 1. The van der Waals surface area contributed by atoms with Crippen LogP contribution in [-0.2, 0) is 9.53 Å². The van der Waals surface area contributed by atoms with E-state index in [9.17, 15) is 9.90 Å². The van der Waals surface area contributed by atoms with Crippen LogP contribution < -0.4 is 5.32 Å². The van der Waals surface area contributed by atoms with Crippen molar-refractivity contribution < 1.29 is 14.6 Å². The predicted molar refractivity (Wildman–Crippen MR) is 85.5 cm³/mol. The Bertz CT molecular complexity index is 322. The Morgan fingerprint density at radius 1 is 1.29 bits per heavy atom. The first-order chi connectivity index (χ1) is 9.73. The molecule has 124 valence electrons. The van der Waals surface area contributed by atoms with Gasteiger partial charge in [0.25, 0.3) is 0 Å². The maximum absolute atomic E-state index is 11.4. The van der Waals surface area contributed by atoms with Gasteiger partial charge in [-0.3, -0.25) is 10.1 Å². The Balaban J connectivity index is 2.33. The van der Waals surface area contributed by atoms with E-state index in [0.29, 0.717) is 19.1 Å². The van der Waals surface area contributed by atoms with Crippen molar-refractivity contribution >= 4 is 5.97 Å². The number of nitrogens with one attached hydrogen (secondary N) is 1. The van der Waals surface area contributed by atoms with Crippen LogP contribution in [0.25, 0.3) is 0 Å². The summed E-state index contributed by atoms with van der Waals surface area (Å²) in [6.45, 7) is 11.0. The van der Waals surface area contributed by atoms with Gasteiger partial charge >= 0.3 is 5.97 Å². The SMILES string of the molecule is CC1CC(C)CC(OCCCC(C)(NC(C)C)C(=O)O)C1. The van der Waals surface area contributed by atoms with Crippen LogP contribution in [0.3, 0.4) is 0 Å². The summed E-state index contributed by atoms with van der Waals surface area (Å²) in [7, 11) is 0. The van der Waals surface area contributed by atoms with E-state index >= 15 is 0 Å². The van der Waals surface area contributed by atoms with Gasteiger partial charge < -0.3 is 9.84 Å². The molecule has 1 fully saturated rings. The molecule has 1 saturated carbocycles. The molecule has 0 aromatic carbocycles. The summed E-state index contributed by atoms with van der Waals surface area (Å²) in [6, 6.07) is 0.159. The van der Waals surface area contributed by atoms with Crippen molar-refractivity contribution in [2.75, 3.05) is 6.61 Å². The summed E-state index contributed by atoms with van der Waals surface area (Å²) in [4.78, 5) is 11.4. The van der Waals surface area contributed by atoms with Crippen molar-refractivity contribution in [1.82, 2.24) is 5.32 Å². The lowest BCUT2D eigenvalue weighted by Gasteiger charge is -2.32. The van der Waals surface area contributed by atoms with Crippen molar-refractivity contribution in [3.8, 4) is 0 Å². The molecule has 2 N–H and O–H groups in total. The number of carboxylic acid groups (broad SMARTS) is 1. The Hall–Kier alpha value is -0.610. The lowest BCUT2D eigenvalue weighted by atomic mass is 9.82. The average molecular weight is 299 g/mol. The number of hydrogen-bond acceptors (Lipinski definition) is 3. The smallest absolute Gasteiger partial charge is 0.323 e. The quantitative estimate of drug-likeness (QED) is 0.674. The highest BCUT2D eigenvalue weighted by molar-refractivity contribution is 5.78. The Morgan fingerprint density at radius 3 is 2.33 bits per heavy atom. The van der Waals surface area contributed by atoms with Gasteiger partial charge in [-0.2, -0.15) is 0 Å². The third kappa shape index (κ3) is 6.35. The minimum Gasteiger partial charge on any atom is -0.480 e. The average Bonchev–Trinajstić information content (AvgIpc) is 2.32. The third-order valence-corrected chi connectivity index (χ3v) is 4.39. The lowest BCUT2D eigenvalue weighted by Crippen LogP contribution is -2.52.